The molecular weight excluding hydrogens is 610 g/mol. The summed E-state index contributed by atoms with van der Waals surface area (Å²) in [6, 6.07) is 1.30. The standard InChI is InChI=1S/C19H26N8O13P2/c20-12-1-2-26(19(30)23-12)14-4-9(11(39-14)6-36-41(31,32)33)40-42(34,35)37-5-10-8(28)3-13(38-10)27-7-22-15-16(27)24-18(21)25-17(15)29/h1-2,7-11,13-14,28H,3-6H2,(H,34,35)(H2,20,23,30)(H2,31,32,33)(H3,21,24,25,29)/t8-,9-,10+,11+,13+,14+/m0/s1. The van der Waals surface area contributed by atoms with E-state index in [4.69, 9.17) is 39.8 Å². The number of aliphatic hydroxyl groups is 1. The van der Waals surface area contributed by atoms with Crippen molar-refractivity contribution in [1.29, 1.82) is 0 Å². The van der Waals surface area contributed by atoms with Crippen molar-refractivity contribution in [3.05, 3.63) is 39.4 Å². The van der Waals surface area contributed by atoms with Gasteiger partial charge in [0.15, 0.2) is 11.2 Å². The third-order valence-electron chi connectivity index (χ3n) is 6.38. The van der Waals surface area contributed by atoms with Crippen molar-refractivity contribution in [3.8, 4) is 0 Å². The lowest BCUT2D eigenvalue weighted by Gasteiger charge is -2.22. The number of rotatable bonds is 10. The number of anilines is 2. The zero-order valence-electron chi connectivity index (χ0n) is 21.3. The van der Waals surface area contributed by atoms with Crippen LogP contribution < -0.4 is 22.7 Å². The fourth-order valence-corrected chi connectivity index (χ4v) is 5.81. The van der Waals surface area contributed by atoms with Crippen molar-refractivity contribution in [2.24, 2.45) is 0 Å². The van der Waals surface area contributed by atoms with Gasteiger partial charge in [0.2, 0.25) is 5.95 Å². The lowest BCUT2D eigenvalue weighted by atomic mass is 10.2. The van der Waals surface area contributed by atoms with Crippen molar-refractivity contribution in [1.82, 2.24) is 29.1 Å². The smallest absolute Gasteiger partial charge is 0.390 e. The van der Waals surface area contributed by atoms with Crippen molar-refractivity contribution in [2.75, 3.05) is 24.7 Å². The van der Waals surface area contributed by atoms with E-state index in [9.17, 15) is 28.7 Å². The van der Waals surface area contributed by atoms with Gasteiger partial charge in [-0.15, -0.1) is 0 Å². The zero-order valence-corrected chi connectivity index (χ0v) is 23.1. The highest BCUT2D eigenvalue weighted by molar-refractivity contribution is 7.47. The number of aromatic amines is 1. The molecule has 9 N–H and O–H groups in total. The van der Waals surface area contributed by atoms with E-state index in [1.165, 1.54) is 23.2 Å². The molecule has 0 radical (unpaired) electrons. The van der Waals surface area contributed by atoms with Gasteiger partial charge in [-0.25, -0.2) is 18.9 Å². The average molecular weight is 636 g/mol. The minimum atomic E-state index is -4.96. The minimum Gasteiger partial charge on any atom is -0.390 e. The number of aromatic nitrogens is 6. The monoisotopic (exact) mass is 636 g/mol. The maximum absolute atomic E-state index is 12.8. The summed E-state index contributed by atoms with van der Waals surface area (Å²) in [5.74, 6) is -0.225. The topological polar surface area (TPSA) is 312 Å². The third-order valence-corrected chi connectivity index (χ3v) is 7.88. The van der Waals surface area contributed by atoms with E-state index < -0.39 is 77.0 Å². The molecule has 2 fully saturated rings. The molecule has 7 atom stereocenters. The summed E-state index contributed by atoms with van der Waals surface area (Å²) in [7, 11) is -9.89. The number of imidazole rings is 1. The Kier molecular flexibility index (Phi) is 8.36. The normalized spacial score (nSPS) is 27.9. The summed E-state index contributed by atoms with van der Waals surface area (Å²) in [6.45, 7) is -1.40. The summed E-state index contributed by atoms with van der Waals surface area (Å²) in [6.07, 6.45) is -4.73. The summed E-state index contributed by atoms with van der Waals surface area (Å²) in [5.41, 5.74) is 9.79. The Labute approximate surface area is 233 Å². The molecule has 230 valence electrons. The number of ether oxygens (including phenoxy) is 2. The first kappa shape index (κ1) is 30.4. The molecule has 2 saturated heterocycles. The number of nitrogens with two attached hydrogens (primary N) is 2. The van der Waals surface area contributed by atoms with Crippen LogP contribution in [0.2, 0.25) is 0 Å². The lowest BCUT2D eigenvalue weighted by Crippen LogP contribution is -2.30. The van der Waals surface area contributed by atoms with E-state index in [1.54, 1.807) is 0 Å². The number of nitrogens with one attached hydrogen (secondary N) is 1. The number of hydrogen-bond donors (Lipinski definition) is 7. The van der Waals surface area contributed by atoms with Gasteiger partial charge in [-0.3, -0.25) is 32.5 Å². The average Bonchev–Trinajstić information content (AvgIpc) is 3.57. The molecule has 3 aromatic rings. The van der Waals surface area contributed by atoms with Crippen LogP contribution in [-0.2, 0) is 32.2 Å². The molecule has 42 heavy (non-hydrogen) atoms. The molecule has 0 spiro atoms. The number of phosphoric acid groups is 2. The van der Waals surface area contributed by atoms with Gasteiger partial charge >= 0.3 is 21.3 Å². The third kappa shape index (κ3) is 6.77. The highest BCUT2D eigenvalue weighted by atomic mass is 31.2. The minimum absolute atomic E-state index is 0.0124. The largest absolute Gasteiger partial charge is 0.472 e. The molecule has 0 aromatic carbocycles. The molecule has 0 amide bonds. The number of nitrogen functional groups attached to an aromatic ring is 2. The van der Waals surface area contributed by atoms with Crippen molar-refractivity contribution >= 4 is 38.6 Å². The van der Waals surface area contributed by atoms with Crippen LogP contribution in [0.4, 0.5) is 11.8 Å². The van der Waals surface area contributed by atoms with E-state index >= 15 is 0 Å². The first-order valence-electron chi connectivity index (χ1n) is 12.1. The number of hydrogen-bond acceptors (Lipinski definition) is 15. The van der Waals surface area contributed by atoms with Gasteiger partial charge in [-0.1, -0.05) is 0 Å². The second-order valence-corrected chi connectivity index (χ2v) is 12.0. The molecule has 5 heterocycles. The van der Waals surface area contributed by atoms with Crippen molar-refractivity contribution < 1.29 is 52.0 Å². The Bertz CT molecular complexity index is 1670. The van der Waals surface area contributed by atoms with E-state index in [1.807, 2.05) is 0 Å². The second kappa shape index (κ2) is 11.5. The summed E-state index contributed by atoms with van der Waals surface area (Å²) < 4.78 is 52.5. The van der Waals surface area contributed by atoms with Gasteiger partial charge in [-0.05, 0) is 6.07 Å². The first-order valence-corrected chi connectivity index (χ1v) is 15.1. The van der Waals surface area contributed by atoms with Crippen molar-refractivity contribution in [2.45, 2.75) is 49.7 Å². The van der Waals surface area contributed by atoms with Crippen LogP contribution in [0.25, 0.3) is 11.2 Å². The van der Waals surface area contributed by atoms with E-state index in [2.05, 4.69) is 24.5 Å². The fourth-order valence-electron chi connectivity index (χ4n) is 4.51. The summed E-state index contributed by atoms with van der Waals surface area (Å²) in [5, 5.41) is 10.5. The first-order chi connectivity index (χ1) is 19.7. The quantitative estimate of drug-likeness (QED) is 0.119. The van der Waals surface area contributed by atoms with Crippen LogP contribution in [0.5, 0.6) is 0 Å². The van der Waals surface area contributed by atoms with Crippen LogP contribution >= 0.6 is 15.6 Å². The molecule has 0 aliphatic carbocycles. The molecular formula is C19H26N8O13P2. The van der Waals surface area contributed by atoms with Crippen LogP contribution in [0, 0.1) is 0 Å². The molecule has 2 aliphatic heterocycles. The molecule has 3 aromatic heterocycles. The molecule has 0 saturated carbocycles. The fraction of sp³-hybridized carbons (Fsp3) is 0.526. The van der Waals surface area contributed by atoms with Crippen LogP contribution in [0.15, 0.2) is 28.2 Å². The van der Waals surface area contributed by atoms with E-state index in [0.717, 1.165) is 4.57 Å². The maximum atomic E-state index is 12.8. The number of H-pyrrole nitrogens is 1. The van der Waals surface area contributed by atoms with Crippen LogP contribution in [0.1, 0.15) is 25.3 Å². The zero-order chi connectivity index (χ0) is 30.4. The Balaban J connectivity index is 1.25. The van der Waals surface area contributed by atoms with E-state index in [-0.39, 0.29) is 35.8 Å². The number of nitrogens with zero attached hydrogens (tertiary/aromatic N) is 5. The lowest BCUT2D eigenvalue weighted by molar-refractivity contribution is -0.0558. The molecule has 21 nitrogen and oxygen atoms in total. The van der Waals surface area contributed by atoms with Crippen LogP contribution in [0.3, 0.4) is 0 Å². The Hall–Kier alpha value is -3.07. The number of aliphatic hydroxyl groups excluding tert-OH is 1. The molecule has 23 heteroatoms. The van der Waals surface area contributed by atoms with Gasteiger partial charge in [0, 0.05) is 19.0 Å². The SMILES string of the molecule is Nc1ccn([C@H]2C[C@H](OP(=O)(O)OC[C@H]3O[C@@H](n4cnc5c(=O)[nH]c(N)nc54)C[C@@H]3O)[C@@H](COP(=O)(O)O)O2)c(=O)n1. The van der Waals surface area contributed by atoms with Gasteiger partial charge in [0.25, 0.3) is 5.56 Å². The number of fused-ring (bicyclic) bond motifs is 1. The van der Waals surface area contributed by atoms with E-state index in [0.29, 0.717) is 0 Å². The molecule has 1 unspecified atom stereocenters. The summed E-state index contributed by atoms with van der Waals surface area (Å²) >= 11 is 0. The Morgan fingerprint density at radius 1 is 1.02 bits per heavy atom. The number of phosphoric ester groups is 2. The van der Waals surface area contributed by atoms with Gasteiger partial charge in [0.1, 0.15) is 36.6 Å². The van der Waals surface area contributed by atoms with Crippen molar-refractivity contribution in [3.63, 3.8) is 0 Å². The predicted molar refractivity (Wildman–Crippen MR) is 137 cm³/mol. The Morgan fingerprint density at radius 2 is 1.71 bits per heavy atom. The van der Waals surface area contributed by atoms with Crippen LogP contribution in [-0.4, -0.2) is 86.5 Å². The molecule has 0 bridgehead atoms. The predicted octanol–water partition coefficient (Wildman–Crippen LogP) is -1.91. The molecule has 5 rings (SSSR count). The summed E-state index contributed by atoms with van der Waals surface area (Å²) in [4.78, 5) is 66.7. The highest BCUT2D eigenvalue weighted by Gasteiger charge is 2.44. The molecule has 2 aliphatic rings. The van der Waals surface area contributed by atoms with Gasteiger partial charge < -0.3 is 40.7 Å². The Morgan fingerprint density at radius 3 is 2.43 bits per heavy atom. The second-order valence-electron chi connectivity index (χ2n) is 9.31. The highest BCUT2D eigenvalue weighted by Crippen LogP contribution is 2.49. The maximum Gasteiger partial charge on any atom is 0.472 e. The van der Waals surface area contributed by atoms with Gasteiger partial charge in [0.05, 0.1) is 25.6 Å². The van der Waals surface area contributed by atoms with Gasteiger partial charge in [-0.2, -0.15) is 9.97 Å².